The lowest BCUT2D eigenvalue weighted by molar-refractivity contribution is -0.0222. The molecule has 24 heavy (non-hydrogen) atoms. The average molecular weight is 332 g/mol. The number of rotatable bonds is 4. The van der Waals surface area contributed by atoms with Gasteiger partial charge in [-0.1, -0.05) is 26.0 Å². The van der Waals surface area contributed by atoms with Crippen molar-refractivity contribution in [2.75, 3.05) is 0 Å². The Balaban J connectivity index is 2.11. The van der Waals surface area contributed by atoms with Gasteiger partial charge < -0.3 is 14.0 Å². The van der Waals surface area contributed by atoms with Crippen molar-refractivity contribution in [2.45, 2.75) is 72.2 Å². The third kappa shape index (κ3) is 3.67. The molecule has 132 valence electrons. The highest BCUT2D eigenvalue weighted by Crippen LogP contribution is 2.36. The second kappa shape index (κ2) is 6.19. The Morgan fingerprint density at radius 2 is 1.50 bits per heavy atom. The van der Waals surface area contributed by atoms with Crippen molar-refractivity contribution in [3.05, 3.63) is 29.8 Å². The molecule has 0 aromatic heterocycles. The van der Waals surface area contributed by atoms with E-state index in [1.165, 1.54) is 0 Å². The van der Waals surface area contributed by atoms with Gasteiger partial charge in [0.15, 0.2) is 0 Å². The van der Waals surface area contributed by atoms with Gasteiger partial charge in [0, 0.05) is 0 Å². The van der Waals surface area contributed by atoms with E-state index in [0.717, 1.165) is 5.46 Å². The zero-order chi connectivity index (χ0) is 18.3. The predicted octanol–water partition coefficient (Wildman–Crippen LogP) is 3.58. The maximum atomic E-state index is 12.3. The molecule has 1 aromatic carbocycles. The Hall–Kier alpha value is -1.33. The fraction of sp³-hybridized carbons (Fsp3) is 0.632. The van der Waals surface area contributed by atoms with E-state index in [0.29, 0.717) is 5.56 Å². The number of ether oxygens (including phenoxy) is 1. The van der Waals surface area contributed by atoms with Crippen LogP contribution in [0.3, 0.4) is 0 Å². The molecule has 2 rings (SSSR count). The van der Waals surface area contributed by atoms with Crippen LogP contribution in [0.25, 0.3) is 0 Å². The molecule has 0 atom stereocenters. The molecular weight excluding hydrogens is 303 g/mol. The molecule has 4 nitrogen and oxygen atoms in total. The summed E-state index contributed by atoms with van der Waals surface area (Å²) >= 11 is 0. The molecule has 0 radical (unpaired) electrons. The van der Waals surface area contributed by atoms with Gasteiger partial charge in [-0.3, -0.25) is 0 Å². The average Bonchev–Trinajstić information content (AvgIpc) is 2.67. The van der Waals surface area contributed by atoms with Crippen LogP contribution in [-0.2, 0) is 14.0 Å². The van der Waals surface area contributed by atoms with Gasteiger partial charge in [0.1, 0.15) is 5.60 Å². The summed E-state index contributed by atoms with van der Waals surface area (Å²) in [5.41, 5.74) is 0.173. The van der Waals surface area contributed by atoms with Crippen LogP contribution in [0.15, 0.2) is 24.3 Å². The summed E-state index contributed by atoms with van der Waals surface area (Å²) in [5, 5.41) is 0. The van der Waals surface area contributed by atoms with Crippen LogP contribution < -0.4 is 5.46 Å². The first-order valence-electron chi connectivity index (χ1n) is 8.55. The van der Waals surface area contributed by atoms with Crippen LogP contribution in [0.5, 0.6) is 0 Å². The Morgan fingerprint density at radius 3 is 1.92 bits per heavy atom. The summed E-state index contributed by atoms with van der Waals surface area (Å²) in [6.45, 7) is 16.0. The van der Waals surface area contributed by atoms with Crippen LogP contribution in [0.4, 0.5) is 0 Å². The van der Waals surface area contributed by atoms with Crippen molar-refractivity contribution in [1.29, 1.82) is 0 Å². The molecule has 0 saturated carbocycles. The summed E-state index contributed by atoms with van der Waals surface area (Å²) in [6.07, 6.45) is 0. The molecule has 1 heterocycles. The lowest BCUT2D eigenvalue weighted by Gasteiger charge is -2.32. The zero-order valence-electron chi connectivity index (χ0n) is 16.1. The van der Waals surface area contributed by atoms with Gasteiger partial charge in [-0.05, 0) is 65.1 Å². The summed E-state index contributed by atoms with van der Waals surface area (Å²) in [6, 6.07) is 7.25. The van der Waals surface area contributed by atoms with Gasteiger partial charge in [0.2, 0.25) is 0 Å². The van der Waals surface area contributed by atoms with E-state index in [1.807, 2.05) is 67.5 Å². The van der Waals surface area contributed by atoms with Crippen LogP contribution in [0, 0.1) is 5.92 Å². The van der Waals surface area contributed by atoms with Crippen LogP contribution >= 0.6 is 0 Å². The molecule has 5 heteroatoms. The molecule has 1 aliphatic heterocycles. The number of carbonyl (C=O) groups excluding carboxylic acids is 1. The molecule has 1 fully saturated rings. The van der Waals surface area contributed by atoms with E-state index in [9.17, 15) is 4.79 Å². The highest BCUT2D eigenvalue weighted by atomic mass is 16.7. The molecule has 1 aromatic rings. The molecule has 0 N–H and O–H groups in total. The Morgan fingerprint density at radius 1 is 1.04 bits per heavy atom. The maximum Gasteiger partial charge on any atom is 0.494 e. The summed E-state index contributed by atoms with van der Waals surface area (Å²) < 4.78 is 17.7. The van der Waals surface area contributed by atoms with E-state index in [4.69, 9.17) is 14.0 Å². The number of esters is 1. The topological polar surface area (TPSA) is 44.8 Å². The van der Waals surface area contributed by atoms with Crippen molar-refractivity contribution in [2.24, 2.45) is 5.92 Å². The zero-order valence-corrected chi connectivity index (χ0v) is 16.1. The predicted molar refractivity (Wildman–Crippen MR) is 96.5 cm³/mol. The van der Waals surface area contributed by atoms with Crippen LogP contribution in [0.1, 0.15) is 65.7 Å². The fourth-order valence-electron chi connectivity index (χ4n) is 2.17. The minimum absolute atomic E-state index is 0.241. The molecule has 0 spiro atoms. The second-order valence-electron chi connectivity index (χ2n) is 8.36. The normalized spacial score (nSPS) is 19.6. The van der Waals surface area contributed by atoms with Gasteiger partial charge >= 0.3 is 13.1 Å². The molecule has 0 aliphatic carbocycles. The molecule has 0 bridgehead atoms. The van der Waals surface area contributed by atoms with Crippen LogP contribution in [-0.4, -0.2) is 29.9 Å². The number of hydrogen-bond donors (Lipinski definition) is 0. The quantitative estimate of drug-likeness (QED) is 0.624. The Labute approximate surface area is 146 Å². The highest BCUT2D eigenvalue weighted by Gasteiger charge is 2.51. The van der Waals surface area contributed by atoms with E-state index in [-0.39, 0.29) is 23.1 Å². The van der Waals surface area contributed by atoms with Crippen molar-refractivity contribution in [3.63, 3.8) is 0 Å². The minimum atomic E-state index is -0.499. The van der Waals surface area contributed by atoms with Gasteiger partial charge in [0.05, 0.1) is 16.8 Å². The number of hydrogen-bond acceptors (Lipinski definition) is 4. The molecule has 0 unspecified atom stereocenters. The smallest absolute Gasteiger partial charge is 0.456 e. The van der Waals surface area contributed by atoms with Gasteiger partial charge in [-0.15, -0.1) is 0 Å². The molecular formula is C19H29BO4. The van der Waals surface area contributed by atoms with E-state index in [2.05, 4.69) is 0 Å². The first-order chi connectivity index (χ1) is 10.9. The number of benzene rings is 1. The third-order valence-electron chi connectivity index (χ3n) is 5.42. The molecule has 0 amide bonds. The Kier molecular flexibility index (Phi) is 4.91. The van der Waals surface area contributed by atoms with E-state index < -0.39 is 12.7 Å². The monoisotopic (exact) mass is 332 g/mol. The van der Waals surface area contributed by atoms with Gasteiger partial charge in [-0.25, -0.2) is 4.79 Å². The lowest BCUT2D eigenvalue weighted by Crippen LogP contribution is -2.41. The lowest BCUT2D eigenvalue weighted by atomic mass is 9.79. The SMILES string of the molecule is CC(C)C(C)(C)OC(=O)c1ccc(B2OC(C)(C)C(C)(C)O2)cc1. The van der Waals surface area contributed by atoms with Gasteiger partial charge in [0.25, 0.3) is 0 Å². The fourth-order valence-corrected chi connectivity index (χ4v) is 2.17. The van der Waals surface area contributed by atoms with Gasteiger partial charge in [-0.2, -0.15) is 0 Å². The standard InChI is InChI=1S/C19H29BO4/c1-13(2)17(3,4)22-16(21)14-9-11-15(12-10-14)20-23-18(5,6)19(7,8)24-20/h9-13H,1-8H3. The number of carbonyl (C=O) groups is 1. The van der Waals surface area contributed by atoms with E-state index in [1.54, 1.807) is 12.1 Å². The maximum absolute atomic E-state index is 12.3. The van der Waals surface area contributed by atoms with Crippen LogP contribution in [0.2, 0.25) is 0 Å². The summed E-state index contributed by atoms with van der Waals surface area (Å²) in [5.74, 6) is -0.0698. The highest BCUT2D eigenvalue weighted by molar-refractivity contribution is 6.62. The minimum Gasteiger partial charge on any atom is -0.456 e. The summed E-state index contributed by atoms with van der Waals surface area (Å²) in [4.78, 5) is 12.3. The molecule has 1 saturated heterocycles. The Bertz CT molecular complexity index is 586. The first-order valence-corrected chi connectivity index (χ1v) is 8.55. The third-order valence-corrected chi connectivity index (χ3v) is 5.42. The summed E-state index contributed by atoms with van der Waals surface area (Å²) in [7, 11) is -0.424. The largest absolute Gasteiger partial charge is 0.494 e. The van der Waals surface area contributed by atoms with E-state index >= 15 is 0 Å². The van der Waals surface area contributed by atoms with Crippen molar-refractivity contribution < 1.29 is 18.8 Å². The second-order valence-corrected chi connectivity index (χ2v) is 8.36. The molecule has 1 aliphatic rings. The van der Waals surface area contributed by atoms with Crippen molar-refractivity contribution >= 4 is 18.6 Å². The van der Waals surface area contributed by atoms with Crippen molar-refractivity contribution in [3.8, 4) is 0 Å². The van der Waals surface area contributed by atoms with Crippen molar-refractivity contribution in [1.82, 2.24) is 0 Å². The first kappa shape index (κ1) is 19.0.